The summed E-state index contributed by atoms with van der Waals surface area (Å²) in [7, 11) is 1.74. The van der Waals surface area contributed by atoms with Crippen molar-refractivity contribution in [2.45, 2.75) is 77.3 Å². The second kappa shape index (κ2) is 7.69. The van der Waals surface area contributed by atoms with Crippen LogP contribution in [0.2, 0.25) is 0 Å². The highest BCUT2D eigenvalue weighted by molar-refractivity contribution is 5.98. The largest absolute Gasteiger partial charge is 0.348 e. The summed E-state index contributed by atoms with van der Waals surface area (Å²) in [6.07, 6.45) is 10.5. The molecule has 1 aromatic rings. The topological polar surface area (TPSA) is 76.0 Å². The zero-order valence-corrected chi connectivity index (χ0v) is 18.6. The van der Waals surface area contributed by atoms with Crippen molar-refractivity contribution in [1.29, 1.82) is 0 Å². The zero-order chi connectivity index (χ0) is 21.0. The van der Waals surface area contributed by atoms with Gasteiger partial charge in [0.15, 0.2) is 5.69 Å². The Morgan fingerprint density at radius 2 is 1.43 bits per heavy atom. The van der Waals surface area contributed by atoms with Crippen LogP contribution in [-0.4, -0.2) is 33.7 Å². The van der Waals surface area contributed by atoms with E-state index >= 15 is 0 Å². The maximum atomic E-state index is 12.9. The lowest BCUT2D eigenvalue weighted by Gasteiger charge is -2.28. The molecule has 0 saturated heterocycles. The van der Waals surface area contributed by atoms with E-state index in [-0.39, 0.29) is 23.9 Å². The summed E-state index contributed by atoms with van der Waals surface area (Å²) in [5.41, 5.74) is 0.799. The van der Waals surface area contributed by atoms with Crippen LogP contribution in [0.3, 0.4) is 0 Å². The van der Waals surface area contributed by atoms with Crippen molar-refractivity contribution in [3.8, 4) is 0 Å². The first kappa shape index (κ1) is 20.1. The number of nitrogens with one attached hydrogen (secondary N) is 2. The third-order valence-corrected chi connectivity index (χ3v) is 8.93. The van der Waals surface area contributed by atoms with Gasteiger partial charge in [0.05, 0.1) is 0 Å². The molecule has 0 spiro atoms. The Morgan fingerprint density at radius 1 is 0.900 bits per heavy atom. The van der Waals surface area contributed by atoms with Crippen molar-refractivity contribution in [2.24, 2.45) is 42.6 Å². The number of aromatic nitrogens is 2. The van der Waals surface area contributed by atoms with Gasteiger partial charge in [-0.25, -0.2) is 0 Å². The van der Waals surface area contributed by atoms with Gasteiger partial charge >= 0.3 is 0 Å². The van der Waals surface area contributed by atoms with Crippen LogP contribution in [0.4, 0.5) is 0 Å². The number of hydrogen-bond acceptors (Lipinski definition) is 3. The maximum absolute atomic E-state index is 12.9. The molecule has 8 atom stereocenters. The van der Waals surface area contributed by atoms with Crippen molar-refractivity contribution in [3.63, 3.8) is 0 Å². The highest BCUT2D eigenvalue weighted by Gasteiger charge is 2.43. The number of fused-ring (bicyclic) bond motifs is 4. The van der Waals surface area contributed by atoms with Crippen LogP contribution in [0.15, 0.2) is 6.07 Å². The smallest absolute Gasteiger partial charge is 0.272 e. The standard InChI is InChI=1S/C24H36N4O2/c1-13(19-10-15-4-6-17(19)8-15)25-23(29)21-12-22(28(3)27-21)24(30)26-14(2)20-11-16-5-7-18(20)9-16/h12-20H,4-11H2,1-3H3,(H,25,29)(H,26,30). The van der Waals surface area contributed by atoms with Crippen LogP contribution in [0.5, 0.6) is 0 Å². The predicted molar refractivity (Wildman–Crippen MR) is 115 cm³/mol. The molecule has 0 radical (unpaired) electrons. The summed E-state index contributed by atoms with van der Waals surface area (Å²) in [6, 6.07) is 1.97. The van der Waals surface area contributed by atoms with Crippen LogP contribution in [0.1, 0.15) is 86.2 Å². The highest BCUT2D eigenvalue weighted by Crippen LogP contribution is 2.50. The molecule has 2 N–H and O–H groups in total. The first-order valence-electron chi connectivity index (χ1n) is 12.0. The van der Waals surface area contributed by atoms with E-state index in [1.165, 1.54) is 51.4 Å². The van der Waals surface area contributed by atoms with Crippen molar-refractivity contribution in [1.82, 2.24) is 20.4 Å². The molecule has 6 nitrogen and oxygen atoms in total. The van der Waals surface area contributed by atoms with Gasteiger partial charge in [-0.3, -0.25) is 14.3 Å². The number of rotatable bonds is 6. The quantitative estimate of drug-likeness (QED) is 0.750. The monoisotopic (exact) mass is 412 g/mol. The molecular weight excluding hydrogens is 376 g/mol. The molecule has 6 heteroatoms. The SMILES string of the molecule is CC(NC(=O)c1cc(C(=O)NC(C)C2CC3CCC2C3)n(C)n1)C1CC2CCC1C2. The molecule has 8 unspecified atom stereocenters. The van der Waals surface area contributed by atoms with Crippen LogP contribution in [-0.2, 0) is 7.05 Å². The van der Waals surface area contributed by atoms with Gasteiger partial charge in [0.2, 0.25) is 0 Å². The van der Waals surface area contributed by atoms with E-state index in [4.69, 9.17) is 0 Å². The first-order chi connectivity index (χ1) is 14.4. The number of carbonyl (C=O) groups excluding carboxylic acids is 2. The number of nitrogens with zero attached hydrogens (tertiary/aromatic N) is 2. The second-order valence-corrected chi connectivity index (χ2v) is 10.7. The minimum atomic E-state index is -0.166. The Hall–Kier alpha value is -1.85. The molecule has 4 bridgehead atoms. The van der Waals surface area contributed by atoms with Gasteiger partial charge in [0.25, 0.3) is 11.8 Å². The van der Waals surface area contributed by atoms with Gasteiger partial charge in [-0.2, -0.15) is 5.10 Å². The molecule has 1 aromatic heterocycles. The Kier molecular flexibility index (Phi) is 5.14. The third kappa shape index (κ3) is 3.56. The van der Waals surface area contributed by atoms with E-state index in [2.05, 4.69) is 29.6 Å². The van der Waals surface area contributed by atoms with E-state index < -0.39 is 0 Å². The van der Waals surface area contributed by atoms with Gasteiger partial charge in [-0.05, 0) is 87.9 Å². The van der Waals surface area contributed by atoms with Gasteiger partial charge in [-0.15, -0.1) is 0 Å². The molecule has 4 aliphatic carbocycles. The van der Waals surface area contributed by atoms with Crippen LogP contribution >= 0.6 is 0 Å². The molecule has 0 aromatic carbocycles. The normalized spacial score (nSPS) is 36.1. The lowest BCUT2D eigenvalue weighted by molar-refractivity contribution is 0.0899. The van der Waals surface area contributed by atoms with Gasteiger partial charge < -0.3 is 10.6 Å². The van der Waals surface area contributed by atoms with Gasteiger partial charge in [0.1, 0.15) is 5.69 Å². The summed E-state index contributed by atoms with van der Waals surface area (Å²) in [5, 5.41) is 10.7. The fourth-order valence-electron chi connectivity index (χ4n) is 7.38. The minimum absolute atomic E-state index is 0.125. The fraction of sp³-hybridized carbons (Fsp3) is 0.792. The Balaban J connectivity index is 1.19. The summed E-state index contributed by atoms with van der Waals surface area (Å²) < 4.78 is 1.54. The molecule has 30 heavy (non-hydrogen) atoms. The Labute approximate surface area is 179 Å². The van der Waals surface area contributed by atoms with Gasteiger partial charge in [-0.1, -0.05) is 12.8 Å². The molecular formula is C24H36N4O2. The van der Waals surface area contributed by atoms with E-state index in [0.717, 1.165) is 23.7 Å². The highest BCUT2D eigenvalue weighted by atomic mass is 16.2. The molecule has 4 saturated carbocycles. The summed E-state index contributed by atoms with van der Waals surface area (Å²) in [4.78, 5) is 25.7. The molecule has 4 aliphatic rings. The van der Waals surface area contributed by atoms with Gasteiger partial charge in [0, 0.05) is 25.2 Å². The summed E-state index contributed by atoms with van der Waals surface area (Å²) in [5.74, 6) is 4.15. The van der Waals surface area contributed by atoms with Crippen LogP contribution < -0.4 is 10.6 Å². The Bertz CT molecular complexity index is 833. The Morgan fingerprint density at radius 3 is 1.90 bits per heavy atom. The molecule has 5 rings (SSSR count). The number of aryl methyl sites for hydroxylation is 1. The van der Waals surface area contributed by atoms with E-state index in [1.54, 1.807) is 17.8 Å². The average Bonchev–Trinajstić information content (AvgIpc) is 3.53. The molecule has 2 amide bonds. The second-order valence-electron chi connectivity index (χ2n) is 10.7. The summed E-state index contributed by atoms with van der Waals surface area (Å²) in [6.45, 7) is 4.25. The van der Waals surface area contributed by atoms with Crippen molar-refractivity contribution >= 4 is 11.8 Å². The minimum Gasteiger partial charge on any atom is -0.348 e. The number of hydrogen-bond donors (Lipinski definition) is 2. The van der Waals surface area contributed by atoms with Crippen molar-refractivity contribution < 1.29 is 9.59 Å². The summed E-state index contributed by atoms with van der Waals surface area (Å²) >= 11 is 0. The number of carbonyl (C=O) groups is 2. The maximum Gasteiger partial charge on any atom is 0.272 e. The van der Waals surface area contributed by atoms with Crippen molar-refractivity contribution in [3.05, 3.63) is 17.5 Å². The van der Waals surface area contributed by atoms with Crippen LogP contribution in [0, 0.1) is 35.5 Å². The zero-order valence-electron chi connectivity index (χ0n) is 18.6. The molecule has 164 valence electrons. The van der Waals surface area contributed by atoms with Crippen molar-refractivity contribution in [2.75, 3.05) is 0 Å². The first-order valence-corrected chi connectivity index (χ1v) is 12.0. The lowest BCUT2D eigenvalue weighted by Crippen LogP contribution is -2.40. The molecule has 4 fully saturated rings. The van der Waals surface area contributed by atoms with E-state index in [9.17, 15) is 9.59 Å². The van der Waals surface area contributed by atoms with E-state index in [0.29, 0.717) is 23.2 Å². The van der Waals surface area contributed by atoms with E-state index in [1.807, 2.05) is 0 Å². The lowest BCUT2D eigenvalue weighted by atomic mass is 9.84. The molecule has 0 aliphatic heterocycles. The molecule has 1 heterocycles. The third-order valence-electron chi connectivity index (χ3n) is 8.93. The predicted octanol–water partition coefficient (Wildman–Crippen LogP) is 3.53. The fourth-order valence-corrected chi connectivity index (χ4v) is 7.38. The van der Waals surface area contributed by atoms with Crippen LogP contribution in [0.25, 0.3) is 0 Å². The number of amides is 2. The average molecular weight is 413 g/mol.